The lowest BCUT2D eigenvalue weighted by Gasteiger charge is -2.27. The Balaban J connectivity index is 4.07. The highest BCUT2D eigenvalue weighted by Crippen LogP contribution is 2.15. The summed E-state index contributed by atoms with van der Waals surface area (Å²) in [7, 11) is 1.40. The topological polar surface area (TPSA) is 58.6 Å². The minimum atomic E-state index is -0.621. The summed E-state index contributed by atoms with van der Waals surface area (Å²) < 4.78 is 4.76. The van der Waals surface area contributed by atoms with Crippen molar-refractivity contribution in [3.63, 3.8) is 0 Å². The van der Waals surface area contributed by atoms with E-state index in [9.17, 15) is 4.79 Å². The second kappa shape index (κ2) is 7.96. The Morgan fingerprint density at radius 2 is 2.27 bits per heavy atom. The molecular formula is C10H21NO3S. The van der Waals surface area contributed by atoms with Crippen LogP contribution in [-0.4, -0.2) is 48.4 Å². The lowest BCUT2D eigenvalue weighted by molar-refractivity contribution is -0.146. The van der Waals surface area contributed by atoms with E-state index in [-0.39, 0.29) is 12.6 Å². The van der Waals surface area contributed by atoms with Crippen LogP contribution >= 0.6 is 11.8 Å². The predicted octanol–water partition coefficient (Wildman–Crippen LogP) is 0.643. The van der Waals surface area contributed by atoms with Crippen molar-refractivity contribution >= 4 is 17.7 Å². The summed E-state index contributed by atoms with van der Waals surface area (Å²) >= 11 is 1.65. The summed E-state index contributed by atoms with van der Waals surface area (Å²) in [6.45, 7) is 4.73. The van der Waals surface area contributed by atoms with E-state index in [0.717, 1.165) is 18.7 Å². The van der Waals surface area contributed by atoms with Crippen LogP contribution in [0.5, 0.6) is 0 Å². The van der Waals surface area contributed by atoms with Crippen molar-refractivity contribution in [3.05, 3.63) is 0 Å². The van der Waals surface area contributed by atoms with Gasteiger partial charge in [0.05, 0.1) is 7.11 Å². The molecule has 0 aromatic heterocycles. The monoisotopic (exact) mass is 235 g/mol. The lowest BCUT2D eigenvalue weighted by atomic mass is 10.1. The number of methoxy groups -OCH3 is 1. The van der Waals surface area contributed by atoms with Crippen molar-refractivity contribution in [2.75, 3.05) is 31.8 Å². The molecule has 0 rings (SSSR count). The fourth-order valence-electron chi connectivity index (χ4n) is 1.24. The maximum atomic E-state index is 11.5. The van der Waals surface area contributed by atoms with E-state index in [0.29, 0.717) is 5.75 Å². The zero-order valence-corrected chi connectivity index (χ0v) is 10.5. The van der Waals surface area contributed by atoms with Crippen LogP contribution in [0, 0.1) is 0 Å². The van der Waals surface area contributed by atoms with E-state index < -0.39 is 5.54 Å². The van der Waals surface area contributed by atoms with E-state index in [1.54, 1.807) is 11.8 Å². The molecule has 0 spiro atoms. The molecule has 0 aromatic carbocycles. The smallest absolute Gasteiger partial charge is 0.326 e. The van der Waals surface area contributed by atoms with Crippen molar-refractivity contribution in [1.82, 2.24) is 5.32 Å². The van der Waals surface area contributed by atoms with E-state index in [1.165, 1.54) is 7.11 Å². The van der Waals surface area contributed by atoms with Gasteiger partial charge < -0.3 is 15.2 Å². The number of likely N-dealkylation sites (N-methyl/N-ethyl adjacent to an activating group) is 1. The van der Waals surface area contributed by atoms with Gasteiger partial charge in [-0.1, -0.05) is 6.92 Å². The van der Waals surface area contributed by atoms with Crippen LogP contribution in [0.25, 0.3) is 0 Å². The van der Waals surface area contributed by atoms with Gasteiger partial charge in [-0.25, -0.2) is 0 Å². The van der Waals surface area contributed by atoms with Crippen LogP contribution in [0.1, 0.15) is 20.3 Å². The van der Waals surface area contributed by atoms with Crippen LogP contribution in [0.3, 0.4) is 0 Å². The zero-order valence-electron chi connectivity index (χ0n) is 9.71. The molecule has 0 aromatic rings. The molecule has 0 radical (unpaired) electrons. The Kier molecular flexibility index (Phi) is 7.82. The summed E-state index contributed by atoms with van der Waals surface area (Å²) in [6.07, 6.45) is 0.758. The van der Waals surface area contributed by atoms with Crippen LogP contribution in [-0.2, 0) is 9.53 Å². The summed E-state index contributed by atoms with van der Waals surface area (Å²) in [5.74, 6) is 1.28. The summed E-state index contributed by atoms with van der Waals surface area (Å²) in [5, 5.41) is 11.8. The standard InChI is InChI=1S/C10H21NO3S/c1-4-11-10(2,9(13)14-3)8-15-7-5-6-12/h11-12H,4-8H2,1-3H3. The number of thioether (sulfide) groups is 1. The molecule has 0 aliphatic carbocycles. The summed E-state index contributed by atoms with van der Waals surface area (Å²) in [4.78, 5) is 11.5. The molecule has 4 nitrogen and oxygen atoms in total. The predicted molar refractivity (Wildman–Crippen MR) is 63.1 cm³/mol. The number of hydrogen-bond acceptors (Lipinski definition) is 5. The number of rotatable bonds is 8. The molecule has 1 atom stereocenters. The maximum absolute atomic E-state index is 11.5. The number of carbonyl (C=O) groups excluding carboxylic acids is 1. The largest absolute Gasteiger partial charge is 0.468 e. The molecule has 0 saturated carbocycles. The first-order valence-electron chi connectivity index (χ1n) is 5.12. The fourth-order valence-corrected chi connectivity index (χ4v) is 2.35. The quantitative estimate of drug-likeness (QED) is 0.478. The van der Waals surface area contributed by atoms with Crippen molar-refractivity contribution in [3.8, 4) is 0 Å². The summed E-state index contributed by atoms with van der Waals surface area (Å²) in [6, 6.07) is 0. The highest BCUT2D eigenvalue weighted by molar-refractivity contribution is 7.99. The molecule has 0 aliphatic rings. The molecule has 90 valence electrons. The van der Waals surface area contributed by atoms with E-state index >= 15 is 0 Å². The molecule has 0 aliphatic heterocycles. The first-order valence-corrected chi connectivity index (χ1v) is 6.28. The van der Waals surface area contributed by atoms with Gasteiger partial charge >= 0.3 is 5.97 Å². The number of hydrogen-bond donors (Lipinski definition) is 2. The van der Waals surface area contributed by atoms with Gasteiger partial charge in [-0.15, -0.1) is 0 Å². The Morgan fingerprint density at radius 1 is 1.60 bits per heavy atom. The van der Waals surface area contributed by atoms with Gasteiger partial charge in [0.1, 0.15) is 5.54 Å². The molecule has 5 heteroatoms. The molecule has 2 N–H and O–H groups in total. The first kappa shape index (κ1) is 14.7. The average Bonchev–Trinajstić information content (AvgIpc) is 2.23. The zero-order chi connectivity index (χ0) is 11.7. The van der Waals surface area contributed by atoms with Crippen molar-refractivity contribution in [2.45, 2.75) is 25.8 Å². The molecule has 0 heterocycles. The van der Waals surface area contributed by atoms with Gasteiger partial charge in [0.2, 0.25) is 0 Å². The van der Waals surface area contributed by atoms with Gasteiger partial charge in [-0.3, -0.25) is 4.79 Å². The van der Waals surface area contributed by atoms with Gasteiger partial charge in [0, 0.05) is 12.4 Å². The Morgan fingerprint density at radius 3 is 2.73 bits per heavy atom. The number of aliphatic hydroxyl groups is 1. The molecule has 0 amide bonds. The number of esters is 1. The SMILES string of the molecule is CCNC(C)(CSCCCO)C(=O)OC. The van der Waals surface area contributed by atoms with Crippen LogP contribution in [0.2, 0.25) is 0 Å². The minimum Gasteiger partial charge on any atom is -0.468 e. The van der Waals surface area contributed by atoms with Gasteiger partial charge in [-0.05, 0) is 25.6 Å². The highest BCUT2D eigenvalue weighted by atomic mass is 32.2. The normalized spacial score (nSPS) is 14.7. The lowest BCUT2D eigenvalue weighted by Crippen LogP contribution is -2.52. The number of carbonyl (C=O) groups is 1. The Labute approximate surface area is 95.8 Å². The molecule has 0 fully saturated rings. The third-order valence-electron chi connectivity index (χ3n) is 2.04. The first-order chi connectivity index (χ1) is 7.10. The highest BCUT2D eigenvalue weighted by Gasteiger charge is 2.32. The maximum Gasteiger partial charge on any atom is 0.326 e. The number of ether oxygens (including phenoxy) is 1. The Bertz CT molecular complexity index is 190. The molecule has 0 saturated heterocycles. The fraction of sp³-hybridized carbons (Fsp3) is 0.900. The van der Waals surface area contributed by atoms with Crippen molar-refractivity contribution in [2.24, 2.45) is 0 Å². The number of nitrogens with one attached hydrogen (secondary N) is 1. The third kappa shape index (κ3) is 5.39. The average molecular weight is 235 g/mol. The van der Waals surface area contributed by atoms with E-state index in [2.05, 4.69) is 5.32 Å². The molecule has 1 unspecified atom stereocenters. The Hall–Kier alpha value is -0.260. The van der Waals surface area contributed by atoms with Crippen LogP contribution in [0.4, 0.5) is 0 Å². The van der Waals surface area contributed by atoms with Crippen molar-refractivity contribution in [1.29, 1.82) is 0 Å². The van der Waals surface area contributed by atoms with Crippen LogP contribution < -0.4 is 5.32 Å². The minimum absolute atomic E-state index is 0.198. The van der Waals surface area contributed by atoms with Gasteiger partial charge in [0.25, 0.3) is 0 Å². The van der Waals surface area contributed by atoms with Crippen molar-refractivity contribution < 1.29 is 14.6 Å². The molecule has 15 heavy (non-hydrogen) atoms. The molecule has 0 bridgehead atoms. The van der Waals surface area contributed by atoms with E-state index in [4.69, 9.17) is 9.84 Å². The van der Waals surface area contributed by atoms with Gasteiger partial charge in [0.15, 0.2) is 0 Å². The molecular weight excluding hydrogens is 214 g/mol. The van der Waals surface area contributed by atoms with E-state index in [1.807, 2.05) is 13.8 Å². The summed E-state index contributed by atoms with van der Waals surface area (Å²) in [5.41, 5.74) is -0.621. The second-order valence-electron chi connectivity index (χ2n) is 3.48. The second-order valence-corrected chi connectivity index (χ2v) is 4.59. The number of aliphatic hydroxyl groups excluding tert-OH is 1. The third-order valence-corrected chi connectivity index (χ3v) is 3.40. The van der Waals surface area contributed by atoms with Crippen LogP contribution in [0.15, 0.2) is 0 Å². The van der Waals surface area contributed by atoms with Gasteiger partial charge in [-0.2, -0.15) is 11.8 Å².